The maximum absolute atomic E-state index is 4.52. The molecule has 1 saturated heterocycles. The van der Waals surface area contributed by atoms with E-state index in [0.29, 0.717) is 0 Å². The van der Waals surface area contributed by atoms with Crippen molar-refractivity contribution in [2.24, 2.45) is 0 Å². The van der Waals surface area contributed by atoms with E-state index in [-0.39, 0.29) is 0 Å². The molecule has 5 rings (SSSR count). The van der Waals surface area contributed by atoms with Gasteiger partial charge in [-0.15, -0.1) is 0 Å². The molecule has 0 unspecified atom stereocenters. The molecule has 1 aliphatic rings. The lowest BCUT2D eigenvalue weighted by Crippen LogP contribution is -2.29. The van der Waals surface area contributed by atoms with Gasteiger partial charge in [-0.3, -0.25) is 15.1 Å². The third kappa shape index (κ3) is 3.64. The quantitative estimate of drug-likeness (QED) is 0.492. The van der Waals surface area contributed by atoms with Crippen LogP contribution in [0.3, 0.4) is 0 Å². The molecule has 0 saturated carbocycles. The summed E-state index contributed by atoms with van der Waals surface area (Å²) in [5, 5.41) is 11.9. The monoisotopic (exact) mass is 396 g/mol. The normalized spacial score (nSPS) is 14.1. The molecule has 150 valence electrons. The molecule has 0 bridgehead atoms. The number of aromatic nitrogens is 4. The summed E-state index contributed by atoms with van der Waals surface area (Å²) in [5.74, 6) is 0. The first-order valence-electron chi connectivity index (χ1n) is 10.3. The van der Waals surface area contributed by atoms with Gasteiger partial charge in [0.25, 0.3) is 0 Å². The molecule has 2 N–H and O–H groups in total. The Hall–Kier alpha value is -3.67. The SMILES string of the molecule is C=C(Nc1cccnc1)c1n[nH]c2ccc(-c3cncc(N4CCCCC4)c3)cc12. The van der Waals surface area contributed by atoms with Gasteiger partial charge in [-0.25, -0.2) is 0 Å². The number of rotatable bonds is 5. The van der Waals surface area contributed by atoms with Crippen LogP contribution in [0, 0.1) is 0 Å². The highest BCUT2D eigenvalue weighted by molar-refractivity contribution is 5.95. The topological polar surface area (TPSA) is 69.7 Å². The molecule has 0 amide bonds. The molecule has 30 heavy (non-hydrogen) atoms. The molecule has 1 aromatic carbocycles. The lowest BCUT2D eigenvalue weighted by atomic mass is 10.0. The standard InChI is InChI=1S/C24H24N6/c1-17(27-20-6-5-9-25-15-20)24-22-13-18(7-8-23(22)28-29-24)19-12-21(16-26-14-19)30-10-3-2-4-11-30/h5-9,12-16,27H,1-4,10-11H2,(H,28,29). The Morgan fingerprint density at radius 2 is 1.87 bits per heavy atom. The second kappa shape index (κ2) is 7.99. The smallest absolute Gasteiger partial charge is 0.116 e. The number of hydrogen-bond donors (Lipinski definition) is 2. The van der Waals surface area contributed by atoms with Crippen molar-refractivity contribution < 1.29 is 0 Å². The van der Waals surface area contributed by atoms with Gasteiger partial charge in [0.05, 0.1) is 35.0 Å². The second-order valence-corrected chi connectivity index (χ2v) is 7.66. The van der Waals surface area contributed by atoms with Crippen LogP contribution in [0.15, 0.2) is 67.8 Å². The van der Waals surface area contributed by atoms with Crippen molar-refractivity contribution >= 4 is 28.0 Å². The van der Waals surface area contributed by atoms with Gasteiger partial charge < -0.3 is 10.2 Å². The van der Waals surface area contributed by atoms with Crippen molar-refractivity contribution in [2.45, 2.75) is 19.3 Å². The van der Waals surface area contributed by atoms with Crippen molar-refractivity contribution in [2.75, 3.05) is 23.3 Å². The minimum absolute atomic E-state index is 0.728. The van der Waals surface area contributed by atoms with Gasteiger partial charge in [0.1, 0.15) is 5.69 Å². The highest BCUT2D eigenvalue weighted by Gasteiger charge is 2.14. The van der Waals surface area contributed by atoms with E-state index in [1.54, 1.807) is 12.4 Å². The Morgan fingerprint density at radius 3 is 2.70 bits per heavy atom. The lowest BCUT2D eigenvalue weighted by Gasteiger charge is -2.28. The van der Waals surface area contributed by atoms with Crippen molar-refractivity contribution in [3.8, 4) is 11.1 Å². The van der Waals surface area contributed by atoms with Crippen LogP contribution in [0.1, 0.15) is 25.0 Å². The van der Waals surface area contributed by atoms with Gasteiger partial charge >= 0.3 is 0 Å². The Balaban J connectivity index is 1.46. The predicted molar refractivity (Wildman–Crippen MR) is 122 cm³/mol. The fraction of sp³-hybridized carbons (Fsp3) is 0.208. The van der Waals surface area contributed by atoms with Crippen molar-refractivity contribution in [3.63, 3.8) is 0 Å². The second-order valence-electron chi connectivity index (χ2n) is 7.66. The van der Waals surface area contributed by atoms with Crippen LogP contribution in [0.5, 0.6) is 0 Å². The molecule has 4 heterocycles. The van der Waals surface area contributed by atoms with Gasteiger partial charge in [0, 0.05) is 36.4 Å². The number of aromatic amines is 1. The molecule has 4 aromatic rings. The fourth-order valence-electron chi connectivity index (χ4n) is 4.00. The third-order valence-electron chi connectivity index (χ3n) is 5.58. The first kappa shape index (κ1) is 18.4. The van der Waals surface area contributed by atoms with E-state index in [4.69, 9.17) is 0 Å². The maximum Gasteiger partial charge on any atom is 0.116 e. The number of piperidine rings is 1. The Morgan fingerprint density at radius 1 is 0.967 bits per heavy atom. The Kier molecular flexibility index (Phi) is 4.89. The number of benzene rings is 1. The van der Waals surface area contributed by atoms with Gasteiger partial charge in [0.2, 0.25) is 0 Å². The van der Waals surface area contributed by atoms with Crippen LogP contribution in [-0.4, -0.2) is 33.3 Å². The van der Waals surface area contributed by atoms with Crippen molar-refractivity contribution in [1.29, 1.82) is 0 Å². The zero-order chi connectivity index (χ0) is 20.3. The van der Waals surface area contributed by atoms with E-state index >= 15 is 0 Å². The molecule has 1 aliphatic heterocycles. The minimum Gasteiger partial charge on any atom is -0.370 e. The summed E-state index contributed by atoms with van der Waals surface area (Å²) in [6.45, 7) is 6.39. The number of fused-ring (bicyclic) bond motifs is 1. The predicted octanol–water partition coefficient (Wildman–Crippen LogP) is 5.09. The molecule has 0 atom stereocenters. The van der Waals surface area contributed by atoms with E-state index in [9.17, 15) is 0 Å². The summed E-state index contributed by atoms with van der Waals surface area (Å²) in [6.07, 6.45) is 11.2. The number of pyridine rings is 2. The van der Waals surface area contributed by atoms with Crippen LogP contribution in [0.25, 0.3) is 27.7 Å². The van der Waals surface area contributed by atoms with Gasteiger partial charge in [-0.1, -0.05) is 12.6 Å². The zero-order valence-electron chi connectivity index (χ0n) is 16.8. The van der Waals surface area contributed by atoms with E-state index in [1.807, 2.05) is 24.5 Å². The molecule has 0 aliphatic carbocycles. The number of nitrogens with zero attached hydrogens (tertiary/aromatic N) is 4. The van der Waals surface area contributed by atoms with Gasteiger partial charge in [-0.2, -0.15) is 5.10 Å². The highest BCUT2D eigenvalue weighted by Crippen LogP contribution is 2.30. The first-order chi connectivity index (χ1) is 14.8. The summed E-state index contributed by atoms with van der Waals surface area (Å²) >= 11 is 0. The van der Waals surface area contributed by atoms with Gasteiger partial charge in [-0.05, 0) is 55.2 Å². The maximum atomic E-state index is 4.52. The molecular formula is C24H24N6. The number of anilines is 2. The number of nitrogens with one attached hydrogen (secondary N) is 2. The summed E-state index contributed by atoms with van der Waals surface area (Å²) in [6, 6.07) is 12.4. The summed E-state index contributed by atoms with van der Waals surface area (Å²) in [4.78, 5) is 11.1. The molecule has 0 radical (unpaired) electrons. The van der Waals surface area contributed by atoms with Crippen LogP contribution in [0.2, 0.25) is 0 Å². The van der Waals surface area contributed by atoms with Crippen LogP contribution in [0.4, 0.5) is 11.4 Å². The largest absolute Gasteiger partial charge is 0.370 e. The van der Waals surface area contributed by atoms with Crippen LogP contribution >= 0.6 is 0 Å². The average molecular weight is 396 g/mol. The minimum atomic E-state index is 0.728. The Labute approximate surface area is 175 Å². The molecule has 3 aromatic heterocycles. The molecule has 6 heteroatoms. The number of hydrogen-bond acceptors (Lipinski definition) is 5. The summed E-state index contributed by atoms with van der Waals surface area (Å²) in [7, 11) is 0. The molecule has 1 fully saturated rings. The van der Waals surface area contributed by atoms with Crippen LogP contribution < -0.4 is 10.2 Å². The number of H-pyrrole nitrogens is 1. The fourth-order valence-corrected chi connectivity index (χ4v) is 4.00. The van der Waals surface area contributed by atoms with Crippen LogP contribution in [-0.2, 0) is 0 Å². The van der Waals surface area contributed by atoms with Gasteiger partial charge in [0.15, 0.2) is 0 Å². The van der Waals surface area contributed by atoms with E-state index in [2.05, 4.69) is 61.2 Å². The lowest BCUT2D eigenvalue weighted by molar-refractivity contribution is 0.577. The van der Waals surface area contributed by atoms with Crippen molar-refractivity contribution in [3.05, 3.63) is 73.5 Å². The highest BCUT2D eigenvalue weighted by atomic mass is 15.1. The summed E-state index contributed by atoms with van der Waals surface area (Å²) in [5.41, 5.74) is 6.81. The Bertz CT molecular complexity index is 1170. The molecular weight excluding hydrogens is 372 g/mol. The van der Waals surface area contributed by atoms with E-state index in [1.165, 1.54) is 24.9 Å². The molecule has 6 nitrogen and oxygen atoms in total. The van der Waals surface area contributed by atoms with E-state index in [0.717, 1.165) is 52.2 Å². The summed E-state index contributed by atoms with van der Waals surface area (Å²) < 4.78 is 0. The average Bonchev–Trinajstić information content (AvgIpc) is 3.24. The third-order valence-corrected chi connectivity index (χ3v) is 5.58. The molecule has 0 spiro atoms. The van der Waals surface area contributed by atoms with Crippen molar-refractivity contribution in [1.82, 2.24) is 20.2 Å². The zero-order valence-corrected chi connectivity index (χ0v) is 16.8. The first-order valence-corrected chi connectivity index (χ1v) is 10.3. The van der Waals surface area contributed by atoms with E-state index < -0.39 is 0 Å².